The van der Waals surface area contributed by atoms with Crippen LogP contribution in [0, 0.1) is 13.8 Å². The molecule has 0 aliphatic carbocycles. The third-order valence-electron chi connectivity index (χ3n) is 2.94. The van der Waals surface area contributed by atoms with Gasteiger partial charge in [-0.1, -0.05) is 24.3 Å². The Kier molecular flexibility index (Phi) is 6.47. The van der Waals surface area contributed by atoms with Crippen LogP contribution in [0.5, 0.6) is 0 Å². The van der Waals surface area contributed by atoms with E-state index in [1.54, 1.807) is 0 Å². The van der Waals surface area contributed by atoms with Crippen molar-refractivity contribution in [3.63, 3.8) is 0 Å². The van der Waals surface area contributed by atoms with Crippen molar-refractivity contribution in [2.24, 2.45) is 0 Å². The molecular weight excluding hydrogens is 361 g/mol. The summed E-state index contributed by atoms with van der Waals surface area (Å²) in [5.41, 5.74) is 5.58. The summed E-state index contributed by atoms with van der Waals surface area (Å²) in [6.45, 7) is 3.96. The van der Waals surface area contributed by atoms with Crippen LogP contribution in [0.4, 0.5) is 0 Å². The van der Waals surface area contributed by atoms with Gasteiger partial charge in [0.1, 0.15) is 0 Å². The standard InChI is InChI=1S/C16H14N3.2ClH.Fe/c1-11-5-3-7-13(17-11)15-9-10-16(19-15)14-8-4-6-12(2)18-14;;;/h3-10H,1-2H3;2*1H;/q-1;;;+3/p-2. The van der Waals surface area contributed by atoms with E-state index in [2.05, 4.69) is 15.0 Å². The van der Waals surface area contributed by atoms with E-state index in [0.717, 1.165) is 34.2 Å². The van der Waals surface area contributed by atoms with Crippen molar-refractivity contribution in [3.05, 3.63) is 59.9 Å². The van der Waals surface area contributed by atoms with Gasteiger partial charge in [-0.15, -0.1) is 11.4 Å². The van der Waals surface area contributed by atoms with E-state index in [-0.39, 0.29) is 13.1 Å². The Morgan fingerprint density at radius 3 is 1.55 bits per heavy atom. The van der Waals surface area contributed by atoms with E-state index in [0.29, 0.717) is 0 Å². The molecule has 3 rings (SSSR count). The van der Waals surface area contributed by atoms with Crippen molar-refractivity contribution in [1.29, 1.82) is 0 Å². The zero-order valence-corrected chi connectivity index (χ0v) is 14.7. The summed E-state index contributed by atoms with van der Waals surface area (Å²) >= 11 is 0.194. The number of hydrogen-bond acceptors (Lipinski definition) is 2. The molecule has 0 aliphatic rings. The van der Waals surface area contributed by atoms with Crippen molar-refractivity contribution in [3.8, 4) is 22.8 Å². The van der Waals surface area contributed by atoms with Crippen LogP contribution in [-0.4, -0.2) is 9.97 Å². The number of pyridine rings is 2. The Morgan fingerprint density at radius 1 is 0.773 bits per heavy atom. The van der Waals surface area contributed by atoms with Crippen LogP contribution in [0.1, 0.15) is 11.4 Å². The topological polar surface area (TPSA) is 39.9 Å². The molecule has 0 amide bonds. The van der Waals surface area contributed by atoms with Crippen molar-refractivity contribution in [1.82, 2.24) is 15.0 Å². The summed E-state index contributed by atoms with van der Waals surface area (Å²) in [5, 5.41) is 0. The summed E-state index contributed by atoms with van der Waals surface area (Å²) in [4.78, 5) is 13.6. The average molecular weight is 375 g/mol. The Hall–Kier alpha value is -1.32. The number of hydrogen-bond donors (Lipinski definition) is 0. The van der Waals surface area contributed by atoms with Crippen LogP contribution in [0.25, 0.3) is 22.8 Å². The van der Waals surface area contributed by atoms with Crippen molar-refractivity contribution in [2.75, 3.05) is 0 Å². The normalized spacial score (nSPS) is 10.0. The third-order valence-corrected chi connectivity index (χ3v) is 2.94. The second-order valence-corrected chi connectivity index (χ2v) is 6.42. The quantitative estimate of drug-likeness (QED) is 0.607. The van der Waals surface area contributed by atoms with E-state index < -0.39 is 0 Å². The molecule has 0 saturated heterocycles. The third kappa shape index (κ3) is 4.59. The minimum atomic E-state index is 0.194. The number of rotatable bonds is 2. The fourth-order valence-electron chi connectivity index (χ4n) is 2.02. The van der Waals surface area contributed by atoms with Gasteiger partial charge in [-0.05, 0) is 38.1 Å². The second-order valence-electron chi connectivity index (χ2n) is 4.59. The molecule has 0 atom stereocenters. The predicted molar refractivity (Wildman–Crippen MR) is 87.4 cm³/mol. The van der Waals surface area contributed by atoms with Crippen LogP contribution < -0.4 is 4.98 Å². The summed E-state index contributed by atoms with van der Waals surface area (Å²) in [7, 11) is 9.53. The van der Waals surface area contributed by atoms with Gasteiger partial charge < -0.3 is 4.98 Å². The number of aryl methyl sites for hydroxylation is 2. The first-order valence-electron chi connectivity index (χ1n) is 6.51. The molecule has 0 fully saturated rings. The Morgan fingerprint density at radius 2 is 1.18 bits per heavy atom. The SMILES string of the molecule is Cc1cccc(-c2ccc(-c3cccc(C)n3)[n-]2)n1.[Cl][Fe+][Cl]. The molecule has 22 heavy (non-hydrogen) atoms. The minimum absolute atomic E-state index is 0.194. The molecule has 0 saturated carbocycles. The zero-order valence-electron chi connectivity index (χ0n) is 12.1. The maximum absolute atomic E-state index is 4.76. The molecule has 3 heterocycles. The predicted octanol–water partition coefficient (Wildman–Crippen LogP) is 4.76. The summed E-state index contributed by atoms with van der Waals surface area (Å²) in [6, 6.07) is 15.9. The molecule has 3 aromatic heterocycles. The first-order chi connectivity index (χ1) is 10.6. The van der Waals surface area contributed by atoms with Crippen LogP contribution in [-0.2, 0) is 13.1 Å². The molecule has 115 valence electrons. The van der Waals surface area contributed by atoms with E-state index in [4.69, 9.17) is 20.2 Å². The van der Waals surface area contributed by atoms with Crippen LogP contribution >= 0.6 is 20.2 Å². The molecule has 3 nitrogen and oxygen atoms in total. The molecule has 6 heteroatoms. The molecule has 0 spiro atoms. The van der Waals surface area contributed by atoms with Crippen LogP contribution in [0.3, 0.4) is 0 Å². The first-order valence-corrected chi connectivity index (χ1v) is 9.55. The number of aromatic nitrogens is 3. The first kappa shape index (κ1) is 17.0. The van der Waals surface area contributed by atoms with Crippen molar-refractivity contribution < 1.29 is 13.1 Å². The van der Waals surface area contributed by atoms with Gasteiger partial charge in [0, 0.05) is 22.8 Å². The molecule has 0 aliphatic heterocycles. The van der Waals surface area contributed by atoms with Crippen LogP contribution in [0.15, 0.2) is 48.5 Å². The van der Waals surface area contributed by atoms with Gasteiger partial charge in [0.25, 0.3) is 0 Å². The van der Waals surface area contributed by atoms with Crippen molar-refractivity contribution >= 4 is 20.2 Å². The van der Waals surface area contributed by atoms with Gasteiger partial charge in [-0.25, -0.2) is 0 Å². The summed E-state index contributed by atoms with van der Waals surface area (Å²) in [5.74, 6) is 0. The van der Waals surface area contributed by atoms with Crippen LogP contribution in [0.2, 0.25) is 0 Å². The fraction of sp³-hybridized carbons (Fsp3) is 0.125. The van der Waals surface area contributed by atoms with E-state index in [1.165, 1.54) is 0 Å². The average Bonchev–Trinajstić information content (AvgIpc) is 2.98. The van der Waals surface area contributed by atoms with Gasteiger partial charge in [0.15, 0.2) is 0 Å². The number of nitrogens with zero attached hydrogens (tertiary/aromatic N) is 3. The van der Waals surface area contributed by atoms with E-state index in [1.807, 2.05) is 62.4 Å². The zero-order chi connectivity index (χ0) is 15.9. The van der Waals surface area contributed by atoms with E-state index >= 15 is 0 Å². The fourth-order valence-corrected chi connectivity index (χ4v) is 2.02. The Balaban J connectivity index is 0.000000545. The molecule has 0 bridgehead atoms. The Bertz CT molecular complexity index is 684. The van der Waals surface area contributed by atoms with Gasteiger partial charge in [0.05, 0.1) is 0 Å². The molecule has 0 radical (unpaired) electrons. The van der Waals surface area contributed by atoms with Gasteiger partial charge in [-0.2, -0.15) is 0 Å². The monoisotopic (exact) mass is 374 g/mol. The summed E-state index contributed by atoms with van der Waals surface area (Å²) < 4.78 is 0. The van der Waals surface area contributed by atoms with Gasteiger partial charge in [-0.3, -0.25) is 9.97 Å². The molecular formula is C16H14Cl2FeN3. The summed E-state index contributed by atoms with van der Waals surface area (Å²) in [6.07, 6.45) is 0. The van der Waals surface area contributed by atoms with E-state index in [9.17, 15) is 0 Å². The molecule has 0 N–H and O–H groups in total. The second kappa shape index (κ2) is 8.35. The van der Waals surface area contributed by atoms with Gasteiger partial charge >= 0.3 is 33.3 Å². The molecule has 0 aromatic carbocycles. The van der Waals surface area contributed by atoms with Gasteiger partial charge in [0.2, 0.25) is 0 Å². The molecule has 3 aromatic rings. The van der Waals surface area contributed by atoms with Crippen molar-refractivity contribution in [2.45, 2.75) is 13.8 Å². The Labute approximate surface area is 144 Å². The number of halogens is 2. The maximum atomic E-state index is 4.76. The molecule has 0 unspecified atom stereocenters.